The van der Waals surface area contributed by atoms with Gasteiger partial charge in [-0.25, -0.2) is 0 Å². The van der Waals surface area contributed by atoms with Gasteiger partial charge >= 0.3 is 202 Å². The minimum Gasteiger partial charge on any atom is -1.00 e. The Bertz CT molecular complexity index is 1430. The summed E-state index contributed by atoms with van der Waals surface area (Å²) < 4.78 is 5.46. The third-order valence-electron chi connectivity index (χ3n) is 9.51. The Balaban J connectivity index is 0.00000127. The molecule has 0 N–H and O–H groups in total. The average molecular weight is 577 g/mol. The minimum atomic E-state index is -2.76. The van der Waals surface area contributed by atoms with E-state index in [2.05, 4.69) is 113 Å². The van der Waals surface area contributed by atoms with Crippen LogP contribution in [0.5, 0.6) is 0 Å². The molecular formula is C32H30Cl2Zr. The van der Waals surface area contributed by atoms with Crippen LogP contribution in [0.3, 0.4) is 0 Å². The fraction of sp³-hybridized carbons (Fsp3) is 0.250. The molecule has 176 valence electrons. The summed E-state index contributed by atoms with van der Waals surface area (Å²) >= 11 is -2.76. The summed E-state index contributed by atoms with van der Waals surface area (Å²) in [6.45, 7) is 10.1. The van der Waals surface area contributed by atoms with Gasteiger partial charge in [0.15, 0.2) is 0 Å². The van der Waals surface area contributed by atoms with Crippen LogP contribution in [0.1, 0.15) is 61.8 Å². The zero-order valence-corrected chi connectivity index (χ0v) is 24.6. The Hall–Kier alpha value is -1.66. The van der Waals surface area contributed by atoms with Crippen LogP contribution < -0.4 is 24.8 Å². The van der Waals surface area contributed by atoms with Crippen LogP contribution in [0.15, 0.2) is 79.4 Å². The van der Waals surface area contributed by atoms with E-state index in [1.165, 1.54) is 32.7 Å². The predicted molar refractivity (Wildman–Crippen MR) is 140 cm³/mol. The van der Waals surface area contributed by atoms with Crippen LogP contribution >= 0.6 is 0 Å². The van der Waals surface area contributed by atoms with Crippen molar-refractivity contribution in [2.24, 2.45) is 0 Å². The number of hydrogen-bond acceptors (Lipinski definition) is 0. The number of benzene rings is 4. The van der Waals surface area contributed by atoms with Gasteiger partial charge in [-0.3, -0.25) is 0 Å². The first-order valence-electron chi connectivity index (χ1n) is 12.5. The predicted octanol–water partition coefficient (Wildman–Crippen LogP) is 3.40. The van der Waals surface area contributed by atoms with Gasteiger partial charge in [0.25, 0.3) is 0 Å². The third-order valence-corrected chi connectivity index (χ3v) is 25.6. The molecule has 3 heteroatoms. The topological polar surface area (TPSA) is 0 Å². The van der Waals surface area contributed by atoms with Crippen LogP contribution in [-0.2, 0) is 20.3 Å². The normalized spacial score (nSPS) is 26.2. The Kier molecular flexibility index (Phi) is 6.24. The van der Waals surface area contributed by atoms with E-state index in [9.17, 15) is 0 Å². The standard InChI is InChI=1S/2C14H11.C4H8.2ClH.Zr/c2*1-10-6-8-14-12(10)9-7-11-4-2-3-5-13(11)14;1-3-4-2;;;/h2*2-5,7-10H,1H3;3-4H,1-2H3;2*1H;/q;;;;;+2/p-2. The van der Waals surface area contributed by atoms with Crippen molar-refractivity contribution in [2.45, 2.75) is 46.8 Å². The van der Waals surface area contributed by atoms with Gasteiger partial charge in [-0.1, -0.05) is 0 Å². The zero-order valence-electron chi connectivity index (χ0n) is 20.6. The monoisotopic (exact) mass is 574 g/mol. The maximum atomic E-state index is 2.67. The molecule has 0 spiro atoms. The molecule has 2 aliphatic carbocycles. The Morgan fingerprint density at radius 2 is 0.914 bits per heavy atom. The number of halogens is 2. The summed E-state index contributed by atoms with van der Waals surface area (Å²) in [7, 11) is 0. The number of rotatable bonds is 2. The molecule has 7 rings (SSSR count). The second kappa shape index (κ2) is 8.73. The Morgan fingerprint density at radius 1 is 0.514 bits per heavy atom. The van der Waals surface area contributed by atoms with Crippen molar-refractivity contribution in [3.05, 3.63) is 102 Å². The van der Waals surface area contributed by atoms with Gasteiger partial charge in [-0.15, -0.1) is 0 Å². The van der Waals surface area contributed by atoms with Gasteiger partial charge in [0.2, 0.25) is 0 Å². The molecule has 4 aromatic rings. The van der Waals surface area contributed by atoms with Crippen LogP contribution in [-0.4, -0.2) is 0 Å². The van der Waals surface area contributed by atoms with E-state index < -0.39 is 20.3 Å². The van der Waals surface area contributed by atoms with Crippen molar-refractivity contribution in [2.75, 3.05) is 0 Å². The molecule has 0 aromatic heterocycles. The fourth-order valence-electron chi connectivity index (χ4n) is 7.55. The number of hydrogen-bond donors (Lipinski definition) is 0. The molecule has 3 aliphatic rings. The molecular weight excluding hydrogens is 546 g/mol. The van der Waals surface area contributed by atoms with E-state index in [0.717, 1.165) is 7.25 Å². The first-order chi connectivity index (χ1) is 16.0. The van der Waals surface area contributed by atoms with Gasteiger partial charge < -0.3 is 24.8 Å². The van der Waals surface area contributed by atoms with Crippen molar-refractivity contribution in [1.29, 1.82) is 0 Å². The molecule has 1 aliphatic heterocycles. The molecule has 0 nitrogen and oxygen atoms in total. The Labute approximate surface area is 225 Å². The van der Waals surface area contributed by atoms with Gasteiger partial charge in [-0.2, -0.15) is 0 Å². The van der Waals surface area contributed by atoms with E-state index in [1.807, 2.05) is 6.56 Å². The van der Waals surface area contributed by atoms with E-state index in [-0.39, 0.29) is 24.8 Å². The van der Waals surface area contributed by atoms with Crippen LogP contribution in [0.2, 0.25) is 7.25 Å². The summed E-state index contributed by atoms with van der Waals surface area (Å²) in [5.74, 6) is 1.11. The molecule has 1 saturated heterocycles. The first kappa shape index (κ1) is 25.0. The van der Waals surface area contributed by atoms with Crippen molar-refractivity contribution < 1.29 is 45.1 Å². The SMILES string of the molecule is CC1[C]([Zr+2]2([C]3=Cc4c(ccc5ccccc45)C3C)[CH](C)[CH]2C)=Cc2c1ccc1ccccc21.[Cl-].[Cl-]. The van der Waals surface area contributed by atoms with E-state index in [4.69, 9.17) is 0 Å². The van der Waals surface area contributed by atoms with Gasteiger partial charge in [0.05, 0.1) is 0 Å². The molecule has 1 fully saturated rings. The van der Waals surface area contributed by atoms with Crippen LogP contribution in [0.25, 0.3) is 33.7 Å². The van der Waals surface area contributed by atoms with Crippen LogP contribution in [0.4, 0.5) is 0 Å². The van der Waals surface area contributed by atoms with Crippen LogP contribution in [0, 0.1) is 0 Å². The maximum Gasteiger partial charge on any atom is -1.00 e. The summed E-state index contributed by atoms with van der Waals surface area (Å²) in [6, 6.07) is 27.4. The van der Waals surface area contributed by atoms with E-state index >= 15 is 0 Å². The van der Waals surface area contributed by atoms with E-state index in [1.54, 1.807) is 11.1 Å². The zero-order chi connectivity index (χ0) is 22.5. The molecule has 4 unspecified atom stereocenters. The summed E-state index contributed by atoms with van der Waals surface area (Å²) in [6.07, 6.45) is 5.35. The largest absolute Gasteiger partial charge is 1.00 e. The summed E-state index contributed by atoms with van der Waals surface area (Å²) in [4.78, 5) is 0. The van der Waals surface area contributed by atoms with Crippen molar-refractivity contribution in [3.8, 4) is 0 Å². The number of allylic oxidation sites excluding steroid dienone is 2. The molecule has 35 heavy (non-hydrogen) atoms. The molecule has 4 aromatic carbocycles. The molecule has 0 amide bonds. The summed E-state index contributed by atoms with van der Waals surface area (Å²) in [5.41, 5.74) is 6.12. The maximum absolute atomic E-state index is 2.76. The minimum absolute atomic E-state index is 0. The van der Waals surface area contributed by atoms with Gasteiger partial charge in [0, 0.05) is 0 Å². The molecule has 0 radical (unpaired) electrons. The molecule has 1 heterocycles. The fourth-order valence-corrected chi connectivity index (χ4v) is 25.9. The van der Waals surface area contributed by atoms with Gasteiger partial charge in [-0.05, 0) is 0 Å². The summed E-state index contributed by atoms with van der Waals surface area (Å²) in [5, 5.41) is 5.60. The number of fused-ring (bicyclic) bond motifs is 6. The molecule has 4 atom stereocenters. The first-order valence-corrected chi connectivity index (χ1v) is 17.8. The van der Waals surface area contributed by atoms with Crippen molar-refractivity contribution >= 4 is 33.7 Å². The molecule has 0 saturated carbocycles. The second-order valence-electron chi connectivity index (χ2n) is 10.7. The quantitative estimate of drug-likeness (QED) is 0.343. The third kappa shape index (κ3) is 3.21. The van der Waals surface area contributed by atoms with E-state index in [0.29, 0.717) is 11.8 Å². The van der Waals surface area contributed by atoms with Crippen molar-refractivity contribution in [3.63, 3.8) is 0 Å². The molecule has 0 bridgehead atoms. The Morgan fingerprint density at radius 3 is 1.31 bits per heavy atom. The smallest absolute Gasteiger partial charge is 1.00 e. The van der Waals surface area contributed by atoms with Gasteiger partial charge in [0.1, 0.15) is 0 Å². The second-order valence-corrected chi connectivity index (χ2v) is 22.3. The average Bonchev–Trinajstić information content (AvgIpc) is 3.12. The van der Waals surface area contributed by atoms with Crippen molar-refractivity contribution in [1.82, 2.24) is 0 Å².